The largest absolute Gasteiger partial charge is 0.478 e. The molecule has 0 amide bonds. The minimum Gasteiger partial charge on any atom is -0.478 e. The van der Waals surface area contributed by atoms with Crippen molar-refractivity contribution in [3.63, 3.8) is 0 Å². The van der Waals surface area contributed by atoms with Gasteiger partial charge in [-0.25, -0.2) is 4.79 Å². The van der Waals surface area contributed by atoms with Crippen molar-refractivity contribution in [1.29, 1.82) is 0 Å². The van der Waals surface area contributed by atoms with Gasteiger partial charge < -0.3 is 20.6 Å². The number of aliphatic hydroxyl groups excluding tert-OH is 2. The second kappa shape index (κ2) is 7.72. The van der Waals surface area contributed by atoms with Gasteiger partial charge in [0.25, 0.3) is 0 Å². The molecule has 1 unspecified atom stereocenters. The van der Waals surface area contributed by atoms with Gasteiger partial charge in [0, 0.05) is 25.3 Å². The van der Waals surface area contributed by atoms with Crippen molar-refractivity contribution in [2.24, 2.45) is 0 Å². The molecule has 13 heavy (non-hydrogen) atoms. The van der Waals surface area contributed by atoms with Crippen LogP contribution >= 0.6 is 0 Å². The monoisotopic (exact) mass is 189 g/mol. The first-order valence-electron chi connectivity index (χ1n) is 4.05. The number of nitrogens with one attached hydrogen (secondary N) is 1. The van der Waals surface area contributed by atoms with Gasteiger partial charge in [-0.15, -0.1) is 0 Å². The SMILES string of the molecule is O=C(O)/C=C/CNC(CO)CCO. The second-order valence-corrected chi connectivity index (χ2v) is 2.54. The van der Waals surface area contributed by atoms with Crippen LogP contribution in [0.3, 0.4) is 0 Å². The Hall–Kier alpha value is -0.910. The van der Waals surface area contributed by atoms with Crippen LogP contribution in [-0.2, 0) is 4.79 Å². The summed E-state index contributed by atoms with van der Waals surface area (Å²) < 4.78 is 0. The van der Waals surface area contributed by atoms with E-state index >= 15 is 0 Å². The van der Waals surface area contributed by atoms with E-state index in [-0.39, 0.29) is 19.3 Å². The standard InChI is InChI=1S/C8H15NO4/c10-5-3-7(6-11)9-4-1-2-8(12)13/h1-2,7,9-11H,3-6H2,(H,12,13)/b2-1+. The van der Waals surface area contributed by atoms with Gasteiger partial charge in [-0.3, -0.25) is 0 Å². The maximum atomic E-state index is 10.0. The molecule has 0 rings (SSSR count). The number of carboxylic acids is 1. The number of aliphatic carboxylic acids is 1. The van der Waals surface area contributed by atoms with Crippen molar-refractivity contribution < 1.29 is 20.1 Å². The molecule has 0 heterocycles. The molecule has 0 saturated carbocycles. The molecule has 0 radical (unpaired) electrons. The number of carboxylic acid groups (broad SMARTS) is 1. The first kappa shape index (κ1) is 12.1. The topological polar surface area (TPSA) is 89.8 Å². The molecule has 0 aromatic rings. The lowest BCUT2D eigenvalue weighted by atomic mass is 10.2. The van der Waals surface area contributed by atoms with Crippen LogP contribution < -0.4 is 5.32 Å². The smallest absolute Gasteiger partial charge is 0.328 e. The Morgan fingerprint density at radius 2 is 2.15 bits per heavy atom. The highest BCUT2D eigenvalue weighted by Gasteiger charge is 2.03. The fourth-order valence-electron chi connectivity index (χ4n) is 0.808. The molecule has 0 aliphatic rings. The van der Waals surface area contributed by atoms with Gasteiger partial charge in [0.2, 0.25) is 0 Å². The maximum absolute atomic E-state index is 10.0. The highest BCUT2D eigenvalue weighted by Crippen LogP contribution is 1.88. The van der Waals surface area contributed by atoms with Crippen LogP contribution in [0.2, 0.25) is 0 Å². The highest BCUT2D eigenvalue weighted by atomic mass is 16.4. The Labute approximate surface area is 76.7 Å². The predicted octanol–water partition coefficient (Wildman–Crippen LogP) is -1.04. The van der Waals surface area contributed by atoms with Gasteiger partial charge in [-0.05, 0) is 6.42 Å². The molecule has 0 saturated heterocycles. The average molecular weight is 189 g/mol. The fraction of sp³-hybridized carbons (Fsp3) is 0.625. The molecule has 4 N–H and O–H groups in total. The van der Waals surface area contributed by atoms with Gasteiger partial charge >= 0.3 is 5.97 Å². The molecule has 0 aliphatic heterocycles. The van der Waals surface area contributed by atoms with Crippen LogP contribution in [0, 0.1) is 0 Å². The Kier molecular flexibility index (Phi) is 7.18. The fourth-order valence-corrected chi connectivity index (χ4v) is 0.808. The summed E-state index contributed by atoms with van der Waals surface area (Å²) in [5.41, 5.74) is 0. The van der Waals surface area contributed by atoms with E-state index in [0.29, 0.717) is 13.0 Å². The van der Waals surface area contributed by atoms with Crippen LogP contribution in [0.25, 0.3) is 0 Å². The zero-order valence-corrected chi connectivity index (χ0v) is 7.31. The number of rotatable bonds is 7. The summed E-state index contributed by atoms with van der Waals surface area (Å²) in [4.78, 5) is 10.0. The van der Waals surface area contributed by atoms with Crippen LogP contribution in [0.4, 0.5) is 0 Å². The van der Waals surface area contributed by atoms with E-state index in [1.54, 1.807) is 0 Å². The second-order valence-electron chi connectivity index (χ2n) is 2.54. The number of aliphatic hydroxyl groups is 2. The first-order valence-corrected chi connectivity index (χ1v) is 4.05. The first-order chi connectivity index (χ1) is 6.20. The Balaban J connectivity index is 3.54. The minimum absolute atomic E-state index is 0.000865. The van der Waals surface area contributed by atoms with Crippen LogP contribution in [0.15, 0.2) is 12.2 Å². The van der Waals surface area contributed by atoms with E-state index < -0.39 is 5.97 Å². The van der Waals surface area contributed by atoms with E-state index in [0.717, 1.165) is 6.08 Å². The summed E-state index contributed by atoms with van der Waals surface area (Å²) in [6.07, 6.45) is 2.93. The molecule has 0 spiro atoms. The molecular formula is C8H15NO4. The lowest BCUT2D eigenvalue weighted by Crippen LogP contribution is -2.33. The molecule has 1 atom stereocenters. The minimum atomic E-state index is -0.996. The van der Waals surface area contributed by atoms with Crippen molar-refractivity contribution >= 4 is 5.97 Å². The van der Waals surface area contributed by atoms with Gasteiger partial charge in [0.1, 0.15) is 0 Å². The van der Waals surface area contributed by atoms with Crippen LogP contribution in [0.1, 0.15) is 6.42 Å². The van der Waals surface area contributed by atoms with Gasteiger partial charge in [-0.1, -0.05) is 6.08 Å². The maximum Gasteiger partial charge on any atom is 0.328 e. The molecular weight excluding hydrogens is 174 g/mol. The van der Waals surface area contributed by atoms with Crippen LogP contribution in [-0.4, -0.2) is 47.1 Å². The summed E-state index contributed by atoms with van der Waals surface area (Å²) in [5, 5.41) is 28.4. The average Bonchev–Trinajstić information content (AvgIpc) is 2.10. The summed E-state index contributed by atoms with van der Waals surface area (Å²) in [6, 6.07) is -0.177. The Morgan fingerprint density at radius 1 is 1.46 bits per heavy atom. The van der Waals surface area contributed by atoms with Crippen molar-refractivity contribution in [1.82, 2.24) is 5.32 Å². The number of hydrogen-bond acceptors (Lipinski definition) is 4. The molecule has 0 aromatic carbocycles. The van der Waals surface area contributed by atoms with E-state index in [1.165, 1.54) is 6.08 Å². The van der Waals surface area contributed by atoms with E-state index in [2.05, 4.69) is 5.32 Å². The molecule has 0 aliphatic carbocycles. The zero-order chi connectivity index (χ0) is 10.1. The van der Waals surface area contributed by atoms with Crippen molar-refractivity contribution in [3.8, 4) is 0 Å². The van der Waals surface area contributed by atoms with E-state index in [4.69, 9.17) is 15.3 Å². The van der Waals surface area contributed by atoms with Crippen molar-refractivity contribution in [3.05, 3.63) is 12.2 Å². The van der Waals surface area contributed by atoms with Crippen molar-refractivity contribution in [2.75, 3.05) is 19.8 Å². The summed E-state index contributed by atoms with van der Waals surface area (Å²) in [7, 11) is 0. The Bertz CT molecular complexity index is 170. The summed E-state index contributed by atoms with van der Waals surface area (Å²) >= 11 is 0. The lowest BCUT2D eigenvalue weighted by Gasteiger charge is -2.12. The van der Waals surface area contributed by atoms with Gasteiger partial charge in [0.15, 0.2) is 0 Å². The lowest BCUT2D eigenvalue weighted by molar-refractivity contribution is -0.131. The zero-order valence-electron chi connectivity index (χ0n) is 7.31. The van der Waals surface area contributed by atoms with E-state index in [9.17, 15) is 4.79 Å². The van der Waals surface area contributed by atoms with E-state index in [1.807, 2.05) is 0 Å². The van der Waals surface area contributed by atoms with Crippen molar-refractivity contribution in [2.45, 2.75) is 12.5 Å². The Morgan fingerprint density at radius 3 is 2.62 bits per heavy atom. The molecule has 0 bridgehead atoms. The summed E-state index contributed by atoms with van der Waals surface area (Å²) in [5.74, 6) is -0.996. The van der Waals surface area contributed by atoms with Gasteiger partial charge in [0.05, 0.1) is 6.61 Å². The third kappa shape index (κ3) is 7.45. The number of hydrogen-bond donors (Lipinski definition) is 4. The normalized spacial score (nSPS) is 13.4. The molecule has 0 aromatic heterocycles. The predicted molar refractivity (Wildman–Crippen MR) is 47.4 cm³/mol. The highest BCUT2D eigenvalue weighted by molar-refractivity contribution is 5.79. The third-order valence-electron chi connectivity index (χ3n) is 1.48. The quantitative estimate of drug-likeness (QED) is 0.384. The molecule has 5 heteroatoms. The summed E-state index contributed by atoms with van der Waals surface area (Å²) in [6.45, 7) is 0.305. The molecule has 0 fully saturated rings. The third-order valence-corrected chi connectivity index (χ3v) is 1.48. The molecule has 5 nitrogen and oxygen atoms in total. The van der Waals surface area contributed by atoms with Crippen LogP contribution in [0.5, 0.6) is 0 Å². The number of carbonyl (C=O) groups is 1. The van der Waals surface area contributed by atoms with Gasteiger partial charge in [-0.2, -0.15) is 0 Å². The molecule has 76 valence electrons.